The van der Waals surface area contributed by atoms with Crippen molar-refractivity contribution in [2.45, 2.75) is 19.0 Å². The van der Waals surface area contributed by atoms with Crippen LogP contribution in [-0.2, 0) is 6.18 Å². The second kappa shape index (κ2) is 6.95. The summed E-state index contributed by atoms with van der Waals surface area (Å²) >= 11 is 0. The van der Waals surface area contributed by atoms with Crippen LogP contribution in [0.25, 0.3) is 0 Å². The molecule has 1 N–H and O–H groups in total. The number of anilines is 2. The van der Waals surface area contributed by atoms with Crippen LogP contribution in [0.15, 0.2) is 53.6 Å². The van der Waals surface area contributed by atoms with Crippen LogP contribution in [0, 0.1) is 0 Å². The summed E-state index contributed by atoms with van der Waals surface area (Å²) < 4.78 is 37.5. The van der Waals surface area contributed by atoms with E-state index < -0.39 is 11.7 Å². The summed E-state index contributed by atoms with van der Waals surface area (Å²) in [7, 11) is 0. The van der Waals surface area contributed by atoms with Gasteiger partial charge in [-0.1, -0.05) is 12.1 Å². The maximum Gasteiger partial charge on any atom is 0.416 e. The summed E-state index contributed by atoms with van der Waals surface area (Å²) in [6.45, 7) is 2.20. The molecule has 1 heterocycles. The Morgan fingerprint density at radius 2 is 1.54 bits per heavy atom. The van der Waals surface area contributed by atoms with Crippen molar-refractivity contribution in [3.8, 4) is 0 Å². The maximum atomic E-state index is 12.5. The minimum atomic E-state index is -4.32. The molecule has 1 aliphatic heterocycles. The highest BCUT2D eigenvalue weighted by Crippen LogP contribution is 2.29. The van der Waals surface area contributed by atoms with Crippen molar-refractivity contribution in [2.75, 3.05) is 23.4 Å². The molecule has 0 atom stereocenters. The highest BCUT2D eigenvalue weighted by Gasteiger charge is 2.29. The number of nitrogens with zero attached hydrogens (tertiary/aromatic N) is 2. The first-order valence-corrected chi connectivity index (χ1v) is 7.84. The lowest BCUT2D eigenvalue weighted by Crippen LogP contribution is -2.17. The summed E-state index contributed by atoms with van der Waals surface area (Å²) in [5.41, 5.74) is 4.71. The number of hydrogen-bond acceptors (Lipinski definition) is 3. The fourth-order valence-corrected chi connectivity index (χ4v) is 2.66. The van der Waals surface area contributed by atoms with Gasteiger partial charge in [-0.05, 0) is 54.8 Å². The van der Waals surface area contributed by atoms with Crippen molar-refractivity contribution in [1.82, 2.24) is 0 Å². The van der Waals surface area contributed by atoms with Crippen LogP contribution in [0.5, 0.6) is 0 Å². The summed E-state index contributed by atoms with van der Waals surface area (Å²) in [5.74, 6) is 0. The lowest BCUT2D eigenvalue weighted by atomic mass is 10.2. The number of hydrogen-bond donors (Lipinski definition) is 1. The van der Waals surface area contributed by atoms with Crippen LogP contribution in [-0.4, -0.2) is 19.3 Å². The Labute approximate surface area is 138 Å². The van der Waals surface area contributed by atoms with Crippen LogP contribution in [0.3, 0.4) is 0 Å². The van der Waals surface area contributed by atoms with Crippen molar-refractivity contribution in [1.29, 1.82) is 0 Å². The van der Waals surface area contributed by atoms with E-state index >= 15 is 0 Å². The molecule has 0 bridgehead atoms. The zero-order valence-electron chi connectivity index (χ0n) is 13.1. The molecule has 0 unspecified atom stereocenters. The fourth-order valence-electron chi connectivity index (χ4n) is 2.66. The Hall–Kier alpha value is -2.50. The number of rotatable bonds is 4. The SMILES string of the molecule is FC(F)(F)c1ccc(N/N=C/c2ccc(N3CCCC3)cc2)cc1. The number of benzene rings is 2. The second-order valence-electron chi connectivity index (χ2n) is 5.73. The Morgan fingerprint density at radius 1 is 0.917 bits per heavy atom. The zero-order valence-corrected chi connectivity index (χ0v) is 13.1. The largest absolute Gasteiger partial charge is 0.416 e. The Morgan fingerprint density at radius 3 is 2.12 bits per heavy atom. The summed E-state index contributed by atoms with van der Waals surface area (Å²) in [6, 6.07) is 12.9. The molecule has 0 amide bonds. The van der Waals surface area contributed by atoms with Gasteiger partial charge in [0.15, 0.2) is 0 Å². The molecule has 2 aromatic carbocycles. The van der Waals surface area contributed by atoms with Crippen LogP contribution < -0.4 is 10.3 Å². The van der Waals surface area contributed by atoms with Gasteiger partial charge in [0, 0.05) is 18.8 Å². The van der Waals surface area contributed by atoms with E-state index in [0.29, 0.717) is 5.69 Å². The monoisotopic (exact) mass is 333 g/mol. The topological polar surface area (TPSA) is 27.6 Å². The van der Waals surface area contributed by atoms with Gasteiger partial charge in [0.2, 0.25) is 0 Å². The number of alkyl halides is 3. The molecule has 24 heavy (non-hydrogen) atoms. The Bertz CT molecular complexity index is 685. The van der Waals surface area contributed by atoms with E-state index in [1.54, 1.807) is 6.21 Å². The quantitative estimate of drug-likeness (QED) is 0.646. The van der Waals surface area contributed by atoms with Gasteiger partial charge >= 0.3 is 6.18 Å². The van der Waals surface area contributed by atoms with Gasteiger partial charge < -0.3 is 4.90 Å². The normalized spacial score (nSPS) is 15.2. The smallest absolute Gasteiger partial charge is 0.372 e. The van der Waals surface area contributed by atoms with Gasteiger partial charge in [-0.25, -0.2) is 0 Å². The minimum Gasteiger partial charge on any atom is -0.372 e. The lowest BCUT2D eigenvalue weighted by Gasteiger charge is -2.17. The fraction of sp³-hybridized carbons (Fsp3) is 0.278. The zero-order chi connectivity index (χ0) is 17.0. The standard InChI is InChI=1S/C18H18F3N3/c19-18(20,21)15-5-7-16(8-6-15)23-22-13-14-3-9-17(10-4-14)24-11-1-2-12-24/h3-10,13,23H,1-2,11-12H2/b22-13+. The second-order valence-corrected chi connectivity index (χ2v) is 5.73. The molecule has 1 saturated heterocycles. The molecule has 0 radical (unpaired) electrons. The van der Waals surface area contributed by atoms with Crippen molar-refractivity contribution >= 4 is 17.6 Å². The lowest BCUT2D eigenvalue weighted by molar-refractivity contribution is -0.137. The van der Waals surface area contributed by atoms with Crippen molar-refractivity contribution in [3.63, 3.8) is 0 Å². The van der Waals surface area contributed by atoms with Gasteiger partial charge in [-0.3, -0.25) is 5.43 Å². The van der Waals surface area contributed by atoms with Crippen molar-refractivity contribution < 1.29 is 13.2 Å². The summed E-state index contributed by atoms with van der Waals surface area (Å²) in [4.78, 5) is 2.35. The predicted octanol–water partition coefficient (Wildman–Crippen LogP) is 4.75. The van der Waals surface area contributed by atoms with E-state index in [-0.39, 0.29) is 0 Å². The molecule has 126 valence electrons. The van der Waals surface area contributed by atoms with Crippen LogP contribution >= 0.6 is 0 Å². The first-order chi connectivity index (χ1) is 11.5. The molecule has 6 heteroatoms. The third-order valence-electron chi connectivity index (χ3n) is 3.98. The van der Waals surface area contributed by atoms with E-state index in [9.17, 15) is 13.2 Å². The molecule has 0 spiro atoms. The van der Waals surface area contributed by atoms with Crippen molar-refractivity contribution in [3.05, 3.63) is 59.7 Å². The van der Waals surface area contributed by atoms with Gasteiger partial charge in [0.1, 0.15) is 0 Å². The molecule has 1 fully saturated rings. The Kier molecular flexibility index (Phi) is 4.74. The van der Waals surface area contributed by atoms with E-state index in [1.807, 2.05) is 12.1 Å². The molecule has 0 aromatic heterocycles. The number of halogens is 3. The van der Waals surface area contributed by atoms with Gasteiger partial charge in [-0.15, -0.1) is 0 Å². The Balaban J connectivity index is 1.57. The third-order valence-corrected chi connectivity index (χ3v) is 3.98. The third kappa shape index (κ3) is 4.07. The highest BCUT2D eigenvalue weighted by atomic mass is 19.4. The molecule has 2 aromatic rings. The molecule has 0 aliphatic carbocycles. The molecular formula is C18H18F3N3. The van der Waals surface area contributed by atoms with Gasteiger partial charge in [-0.2, -0.15) is 18.3 Å². The summed E-state index contributed by atoms with van der Waals surface area (Å²) in [5, 5.41) is 4.06. The van der Waals surface area contributed by atoms with Crippen LogP contribution in [0.2, 0.25) is 0 Å². The first-order valence-electron chi connectivity index (χ1n) is 7.84. The molecule has 3 rings (SSSR count). The van der Waals surface area contributed by atoms with E-state index in [2.05, 4.69) is 27.6 Å². The predicted molar refractivity (Wildman–Crippen MR) is 90.5 cm³/mol. The highest BCUT2D eigenvalue weighted by molar-refractivity contribution is 5.81. The number of hydrazone groups is 1. The molecule has 3 nitrogen and oxygen atoms in total. The van der Waals surface area contributed by atoms with E-state index in [0.717, 1.165) is 30.8 Å². The van der Waals surface area contributed by atoms with Gasteiger partial charge in [0.25, 0.3) is 0 Å². The maximum absolute atomic E-state index is 12.5. The minimum absolute atomic E-state index is 0.507. The molecule has 0 saturated carbocycles. The average molecular weight is 333 g/mol. The van der Waals surface area contributed by atoms with E-state index in [4.69, 9.17) is 0 Å². The van der Waals surface area contributed by atoms with Gasteiger partial charge in [0.05, 0.1) is 17.5 Å². The first kappa shape index (κ1) is 16.4. The average Bonchev–Trinajstić information content (AvgIpc) is 3.10. The number of nitrogens with one attached hydrogen (secondary N) is 1. The van der Waals surface area contributed by atoms with Crippen molar-refractivity contribution in [2.24, 2.45) is 5.10 Å². The van der Waals surface area contributed by atoms with Crippen LogP contribution in [0.1, 0.15) is 24.0 Å². The van der Waals surface area contributed by atoms with Crippen LogP contribution in [0.4, 0.5) is 24.5 Å². The molecule has 1 aliphatic rings. The summed E-state index contributed by atoms with van der Waals surface area (Å²) in [6.07, 6.45) is -0.204. The van der Waals surface area contributed by atoms with E-state index in [1.165, 1.54) is 30.7 Å². The molecular weight excluding hydrogens is 315 g/mol.